The summed E-state index contributed by atoms with van der Waals surface area (Å²) in [6, 6.07) is 9.60. The Labute approximate surface area is 128 Å². The van der Waals surface area contributed by atoms with Crippen molar-refractivity contribution >= 4 is 5.91 Å². The molecule has 2 atom stereocenters. The van der Waals surface area contributed by atoms with Crippen molar-refractivity contribution in [1.29, 1.82) is 0 Å². The Morgan fingerprint density at radius 3 is 2.33 bits per heavy atom. The van der Waals surface area contributed by atoms with Gasteiger partial charge in [0, 0.05) is 19.1 Å². The SMILES string of the molecule is CCN(CCCN(C)C)C(=O)C(C)C(N)c1ccccc1. The summed E-state index contributed by atoms with van der Waals surface area (Å²) in [6.07, 6.45) is 0.986. The van der Waals surface area contributed by atoms with Crippen LogP contribution in [-0.4, -0.2) is 49.4 Å². The number of rotatable bonds is 8. The molecule has 1 aromatic rings. The molecular formula is C17H29N3O. The first-order chi connectivity index (χ1) is 9.97. The van der Waals surface area contributed by atoms with Crippen LogP contribution in [0.15, 0.2) is 30.3 Å². The molecule has 0 spiro atoms. The smallest absolute Gasteiger partial charge is 0.227 e. The molecule has 0 heterocycles. The van der Waals surface area contributed by atoms with Crippen molar-refractivity contribution in [2.75, 3.05) is 33.7 Å². The van der Waals surface area contributed by atoms with E-state index in [4.69, 9.17) is 5.73 Å². The fourth-order valence-corrected chi connectivity index (χ4v) is 2.41. The van der Waals surface area contributed by atoms with E-state index in [1.807, 2.05) is 63.2 Å². The lowest BCUT2D eigenvalue weighted by atomic mass is 9.94. The van der Waals surface area contributed by atoms with E-state index in [1.54, 1.807) is 0 Å². The first-order valence-corrected chi connectivity index (χ1v) is 7.71. The van der Waals surface area contributed by atoms with Gasteiger partial charge in [-0.2, -0.15) is 0 Å². The zero-order valence-electron chi connectivity index (χ0n) is 13.7. The lowest BCUT2D eigenvalue weighted by Crippen LogP contribution is -2.40. The van der Waals surface area contributed by atoms with Crippen molar-refractivity contribution in [2.45, 2.75) is 26.3 Å². The number of carbonyl (C=O) groups excluding carboxylic acids is 1. The van der Waals surface area contributed by atoms with Crippen LogP contribution in [0.4, 0.5) is 0 Å². The molecule has 0 fully saturated rings. The van der Waals surface area contributed by atoms with Crippen LogP contribution in [0.3, 0.4) is 0 Å². The van der Waals surface area contributed by atoms with Gasteiger partial charge in [-0.3, -0.25) is 4.79 Å². The van der Waals surface area contributed by atoms with Crippen LogP contribution in [0.5, 0.6) is 0 Å². The maximum Gasteiger partial charge on any atom is 0.227 e. The first-order valence-electron chi connectivity index (χ1n) is 7.71. The van der Waals surface area contributed by atoms with Gasteiger partial charge in [0.2, 0.25) is 5.91 Å². The molecule has 0 aliphatic heterocycles. The predicted octanol–water partition coefficient (Wildman–Crippen LogP) is 2.12. The summed E-state index contributed by atoms with van der Waals surface area (Å²) in [7, 11) is 4.10. The molecule has 0 aliphatic carbocycles. The minimum absolute atomic E-state index is 0.146. The second-order valence-electron chi connectivity index (χ2n) is 5.80. The minimum Gasteiger partial charge on any atom is -0.343 e. The fourth-order valence-electron chi connectivity index (χ4n) is 2.41. The van der Waals surface area contributed by atoms with Gasteiger partial charge in [-0.15, -0.1) is 0 Å². The van der Waals surface area contributed by atoms with Gasteiger partial charge in [-0.1, -0.05) is 37.3 Å². The van der Waals surface area contributed by atoms with Gasteiger partial charge in [0.05, 0.1) is 5.92 Å². The zero-order valence-corrected chi connectivity index (χ0v) is 13.7. The third-order valence-electron chi connectivity index (χ3n) is 3.84. The molecule has 4 heteroatoms. The number of nitrogens with zero attached hydrogens (tertiary/aromatic N) is 2. The summed E-state index contributed by atoms with van der Waals surface area (Å²) in [5.74, 6) is -0.0562. The molecule has 1 amide bonds. The molecule has 118 valence electrons. The van der Waals surface area contributed by atoms with Crippen molar-refractivity contribution in [3.63, 3.8) is 0 Å². The number of hydrogen-bond donors (Lipinski definition) is 1. The van der Waals surface area contributed by atoms with Gasteiger partial charge in [-0.05, 0) is 39.5 Å². The highest BCUT2D eigenvalue weighted by Gasteiger charge is 2.25. The summed E-state index contributed by atoms with van der Waals surface area (Å²) >= 11 is 0. The van der Waals surface area contributed by atoms with E-state index in [9.17, 15) is 4.79 Å². The lowest BCUT2D eigenvalue weighted by Gasteiger charge is -2.28. The van der Waals surface area contributed by atoms with Crippen LogP contribution in [0, 0.1) is 5.92 Å². The highest BCUT2D eigenvalue weighted by molar-refractivity contribution is 5.79. The lowest BCUT2D eigenvalue weighted by molar-refractivity contribution is -0.135. The summed E-state index contributed by atoms with van der Waals surface area (Å²) in [6.45, 7) is 6.46. The van der Waals surface area contributed by atoms with E-state index in [1.165, 1.54) is 0 Å². The average Bonchev–Trinajstić information content (AvgIpc) is 2.50. The van der Waals surface area contributed by atoms with Crippen molar-refractivity contribution in [3.8, 4) is 0 Å². The molecule has 21 heavy (non-hydrogen) atoms. The summed E-state index contributed by atoms with van der Waals surface area (Å²) in [4.78, 5) is 16.6. The number of amides is 1. The Kier molecular flexibility index (Phi) is 7.40. The zero-order chi connectivity index (χ0) is 15.8. The van der Waals surface area contributed by atoms with Gasteiger partial charge in [0.15, 0.2) is 0 Å². The van der Waals surface area contributed by atoms with E-state index >= 15 is 0 Å². The average molecular weight is 291 g/mol. The predicted molar refractivity (Wildman–Crippen MR) is 88.0 cm³/mol. The second-order valence-corrected chi connectivity index (χ2v) is 5.80. The largest absolute Gasteiger partial charge is 0.343 e. The maximum absolute atomic E-state index is 12.6. The van der Waals surface area contributed by atoms with E-state index in [0.29, 0.717) is 0 Å². The molecule has 1 aromatic carbocycles. The first kappa shape index (κ1) is 17.7. The van der Waals surface area contributed by atoms with Gasteiger partial charge in [-0.25, -0.2) is 0 Å². The normalized spacial score (nSPS) is 14.0. The molecule has 0 aliphatic rings. The van der Waals surface area contributed by atoms with Crippen LogP contribution < -0.4 is 5.73 Å². The molecular weight excluding hydrogens is 262 g/mol. The monoisotopic (exact) mass is 291 g/mol. The second kappa shape index (κ2) is 8.80. The quantitative estimate of drug-likeness (QED) is 0.798. The Morgan fingerprint density at radius 2 is 1.81 bits per heavy atom. The molecule has 2 N–H and O–H groups in total. The molecule has 0 saturated carbocycles. The number of carbonyl (C=O) groups is 1. The standard InChI is InChI=1S/C17H29N3O/c1-5-20(13-9-12-19(3)4)17(21)14(2)16(18)15-10-7-6-8-11-15/h6-8,10-11,14,16H,5,9,12-13,18H2,1-4H3. The maximum atomic E-state index is 12.6. The topological polar surface area (TPSA) is 49.6 Å². The number of nitrogens with two attached hydrogens (primary N) is 1. The summed E-state index contributed by atoms with van der Waals surface area (Å²) < 4.78 is 0. The van der Waals surface area contributed by atoms with E-state index < -0.39 is 0 Å². The molecule has 0 radical (unpaired) electrons. The van der Waals surface area contributed by atoms with Crippen molar-refractivity contribution in [2.24, 2.45) is 11.7 Å². The minimum atomic E-state index is -0.249. The van der Waals surface area contributed by atoms with Gasteiger partial charge >= 0.3 is 0 Å². The third kappa shape index (κ3) is 5.48. The van der Waals surface area contributed by atoms with E-state index in [-0.39, 0.29) is 17.9 Å². The van der Waals surface area contributed by atoms with Crippen molar-refractivity contribution in [1.82, 2.24) is 9.80 Å². The number of benzene rings is 1. The third-order valence-corrected chi connectivity index (χ3v) is 3.84. The van der Waals surface area contributed by atoms with Crippen LogP contribution in [0.2, 0.25) is 0 Å². The van der Waals surface area contributed by atoms with Crippen molar-refractivity contribution < 1.29 is 4.79 Å². The van der Waals surface area contributed by atoms with Crippen LogP contribution >= 0.6 is 0 Å². The molecule has 0 bridgehead atoms. The van der Waals surface area contributed by atoms with Crippen molar-refractivity contribution in [3.05, 3.63) is 35.9 Å². The Bertz CT molecular complexity index is 419. The molecule has 2 unspecified atom stereocenters. The van der Waals surface area contributed by atoms with Crippen LogP contribution in [-0.2, 0) is 4.79 Å². The molecule has 0 aromatic heterocycles. The van der Waals surface area contributed by atoms with Crippen LogP contribution in [0.25, 0.3) is 0 Å². The fraction of sp³-hybridized carbons (Fsp3) is 0.588. The van der Waals surface area contributed by atoms with Gasteiger partial charge in [0.1, 0.15) is 0 Å². The van der Waals surface area contributed by atoms with E-state index in [0.717, 1.165) is 31.6 Å². The van der Waals surface area contributed by atoms with Crippen LogP contribution in [0.1, 0.15) is 31.9 Å². The molecule has 4 nitrogen and oxygen atoms in total. The summed E-state index contributed by atoms with van der Waals surface area (Å²) in [5, 5.41) is 0. The highest BCUT2D eigenvalue weighted by Crippen LogP contribution is 2.21. The molecule has 0 saturated heterocycles. The summed E-state index contributed by atoms with van der Waals surface area (Å²) in [5.41, 5.74) is 7.27. The molecule has 1 rings (SSSR count). The highest BCUT2D eigenvalue weighted by atomic mass is 16.2. The Balaban J connectivity index is 2.62. The van der Waals surface area contributed by atoms with E-state index in [2.05, 4.69) is 4.90 Å². The van der Waals surface area contributed by atoms with Gasteiger partial charge in [0.25, 0.3) is 0 Å². The van der Waals surface area contributed by atoms with Gasteiger partial charge < -0.3 is 15.5 Å². The Morgan fingerprint density at radius 1 is 1.19 bits per heavy atom. The Hall–Kier alpha value is -1.39. The number of hydrogen-bond acceptors (Lipinski definition) is 3.